The van der Waals surface area contributed by atoms with Crippen LogP contribution >= 0.6 is 0 Å². The third-order valence-corrected chi connectivity index (χ3v) is 2.80. The number of nitrogens with zero attached hydrogens (tertiary/aromatic N) is 2. The van der Waals surface area contributed by atoms with E-state index in [1.54, 1.807) is 6.20 Å². The van der Waals surface area contributed by atoms with Crippen LogP contribution in [-0.4, -0.2) is 36.1 Å². The third kappa shape index (κ3) is 2.36. The van der Waals surface area contributed by atoms with Gasteiger partial charge in [-0.1, -0.05) is 0 Å². The Morgan fingerprint density at radius 2 is 2.25 bits per heavy atom. The van der Waals surface area contributed by atoms with Crippen molar-refractivity contribution >= 4 is 5.97 Å². The van der Waals surface area contributed by atoms with Crippen LogP contribution in [0.1, 0.15) is 35.1 Å². The lowest BCUT2D eigenvalue weighted by atomic mass is 9.94. The Bertz CT molecular complexity index is 375. The molecule has 16 heavy (non-hydrogen) atoms. The Balaban J connectivity index is 2.17. The van der Waals surface area contributed by atoms with E-state index in [1.165, 1.54) is 7.11 Å². The van der Waals surface area contributed by atoms with Crippen LogP contribution in [0.2, 0.25) is 0 Å². The highest BCUT2D eigenvalue weighted by Gasteiger charge is 2.18. The zero-order chi connectivity index (χ0) is 11.4. The molecule has 0 atom stereocenters. The molecule has 1 aromatic heterocycles. The molecule has 1 fully saturated rings. The fourth-order valence-electron chi connectivity index (χ4n) is 1.91. The molecule has 0 spiro atoms. The van der Waals surface area contributed by atoms with E-state index in [0.717, 1.165) is 31.6 Å². The molecular weight excluding hydrogens is 206 g/mol. The maximum absolute atomic E-state index is 11.3. The SMILES string of the molecule is COC(=O)c1nccc(C2CCNCC2)n1. The van der Waals surface area contributed by atoms with Gasteiger partial charge in [0.1, 0.15) is 0 Å². The zero-order valence-electron chi connectivity index (χ0n) is 9.27. The summed E-state index contributed by atoms with van der Waals surface area (Å²) < 4.78 is 4.60. The second-order valence-electron chi connectivity index (χ2n) is 3.82. The summed E-state index contributed by atoms with van der Waals surface area (Å²) in [6.45, 7) is 2.00. The molecule has 86 valence electrons. The van der Waals surface area contributed by atoms with Crippen LogP contribution in [0.3, 0.4) is 0 Å². The minimum atomic E-state index is -0.476. The summed E-state index contributed by atoms with van der Waals surface area (Å²) >= 11 is 0. The fraction of sp³-hybridized carbons (Fsp3) is 0.545. The average Bonchev–Trinajstić information content (AvgIpc) is 2.39. The molecule has 5 heteroatoms. The van der Waals surface area contributed by atoms with Crippen LogP contribution in [0, 0.1) is 0 Å². The van der Waals surface area contributed by atoms with Crippen molar-refractivity contribution in [1.29, 1.82) is 0 Å². The number of nitrogens with one attached hydrogen (secondary N) is 1. The standard InChI is InChI=1S/C11H15N3O2/c1-16-11(15)10-13-7-4-9(14-10)8-2-5-12-6-3-8/h4,7-8,12H,2-3,5-6H2,1H3. The molecule has 1 saturated heterocycles. The van der Waals surface area contributed by atoms with Gasteiger partial charge in [-0.05, 0) is 32.0 Å². The Hall–Kier alpha value is -1.49. The van der Waals surface area contributed by atoms with Gasteiger partial charge in [-0.2, -0.15) is 0 Å². The predicted molar refractivity (Wildman–Crippen MR) is 58.2 cm³/mol. The summed E-state index contributed by atoms with van der Waals surface area (Å²) in [6.07, 6.45) is 3.73. The van der Waals surface area contributed by atoms with Crippen molar-refractivity contribution in [3.63, 3.8) is 0 Å². The van der Waals surface area contributed by atoms with Crippen molar-refractivity contribution in [2.24, 2.45) is 0 Å². The maximum atomic E-state index is 11.3. The van der Waals surface area contributed by atoms with E-state index in [1.807, 2.05) is 6.07 Å². The monoisotopic (exact) mass is 221 g/mol. The van der Waals surface area contributed by atoms with Crippen LogP contribution in [0.4, 0.5) is 0 Å². The summed E-state index contributed by atoms with van der Waals surface area (Å²) in [5, 5.41) is 3.30. The largest absolute Gasteiger partial charge is 0.463 e. The quantitative estimate of drug-likeness (QED) is 0.746. The number of aromatic nitrogens is 2. The van der Waals surface area contributed by atoms with Gasteiger partial charge in [-0.3, -0.25) is 0 Å². The minimum absolute atomic E-state index is 0.151. The topological polar surface area (TPSA) is 64.1 Å². The summed E-state index contributed by atoms with van der Waals surface area (Å²) in [4.78, 5) is 19.4. The molecule has 0 radical (unpaired) electrons. The average molecular weight is 221 g/mol. The summed E-state index contributed by atoms with van der Waals surface area (Å²) in [7, 11) is 1.34. The van der Waals surface area contributed by atoms with Crippen molar-refractivity contribution in [1.82, 2.24) is 15.3 Å². The van der Waals surface area contributed by atoms with E-state index in [9.17, 15) is 4.79 Å². The number of hydrogen-bond donors (Lipinski definition) is 1. The van der Waals surface area contributed by atoms with Crippen LogP contribution in [0.5, 0.6) is 0 Å². The van der Waals surface area contributed by atoms with Crippen molar-refractivity contribution < 1.29 is 9.53 Å². The fourth-order valence-corrected chi connectivity index (χ4v) is 1.91. The lowest BCUT2D eigenvalue weighted by Gasteiger charge is -2.21. The molecular formula is C11H15N3O2. The van der Waals surface area contributed by atoms with Gasteiger partial charge >= 0.3 is 5.97 Å². The molecule has 2 rings (SSSR count). The molecule has 0 saturated carbocycles. The second-order valence-corrected chi connectivity index (χ2v) is 3.82. The molecule has 0 unspecified atom stereocenters. The first-order valence-electron chi connectivity index (χ1n) is 5.43. The van der Waals surface area contributed by atoms with Crippen molar-refractivity contribution in [2.75, 3.05) is 20.2 Å². The number of rotatable bonds is 2. The zero-order valence-corrected chi connectivity index (χ0v) is 9.27. The molecule has 0 aliphatic carbocycles. The van der Waals surface area contributed by atoms with Gasteiger partial charge in [0.2, 0.25) is 5.82 Å². The van der Waals surface area contributed by atoms with E-state index < -0.39 is 5.97 Å². The highest BCUT2D eigenvalue weighted by molar-refractivity contribution is 5.84. The van der Waals surface area contributed by atoms with Gasteiger partial charge in [0.25, 0.3) is 0 Å². The first kappa shape index (κ1) is 11.0. The van der Waals surface area contributed by atoms with Gasteiger partial charge in [0.15, 0.2) is 0 Å². The van der Waals surface area contributed by atoms with E-state index in [2.05, 4.69) is 20.0 Å². The molecule has 1 aliphatic heterocycles. The van der Waals surface area contributed by atoms with Gasteiger partial charge < -0.3 is 10.1 Å². The first-order valence-corrected chi connectivity index (χ1v) is 5.43. The lowest BCUT2D eigenvalue weighted by Crippen LogP contribution is -2.27. The van der Waals surface area contributed by atoms with Gasteiger partial charge in [0, 0.05) is 17.8 Å². The summed E-state index contributed by atoms with van der Waals surface area (Å²) in [5.41, 5.74) is 0.942. The molecule has 1 aromatic rings. The van der Waals surface area contributed by atoms with E-state index in [-0.39, 0.29) is 5.82 Å². The lowest BCUT2D eigenvalue weighted by molar-refractivity contribution is 0.0586. The summed E-state index contributed by atoms with van der Waals surface area (Å²) in [5.74, 6) is 0.0990. The number of hydrogen-bond acceptors (Lipinski definition) is 5. The number of carbonyl (C=O) groups is 1. The molecule has 0 aromatic carbocycles. The van der Waals surface area contributed by atoms with E-state index in [0.29, 0.717) is 5.92 Å². The van der Waals surface area contributed by atoms with Gasteiger partial charge in [0.05, 0.1) is 7.11 Å². The molecule has 5 nitrogen and oxygen atoms in total. The number of piperidine rings is 1. The second kappa shape index (κ2) is 5.03. The Morgan fingerprint density at radius 1 is 1.50 bits per heavy atom. The molecule has 0 amide bonds. The van der Waals surface area contributed by atoms with E-state index >= 15 is 0 Å². The Kier molecular flexibility index (Phi) is 3.46. The number of carbonyl (C=O) groups excluding carboxylic acids is 1. The molecule has 1 aliphatic rings. The number of methoxy groups -OCH3 is 1. The predicted octanol–water partition coefficient (Wildman–Crippen LogP) is 0.730. The van der Waals surface area contributed by atoms with E-state index in [4.69, 9.17) is 0 Å². The maximum Gasteiger partial charge on any atom is 0.376 e. The third-order valence-electron chi connectivity index (χ3n) is 2.80. The van der Waals surface area contributed by atoms with Gasteiger partial charge in [-0.15, -0.1) is 0 Å². The van der Waals surface area contributed by atoms with Crippen molar-refractivity contribution in [3.05, 3.63) is 23.8 Å². The highest BCUT2D eigenvalue weighted by Crippen LogP contribution is 2.22. The Morgan fingerprint density at radius 3 is 2.94 bits per heavy atom. The molecule has 1 N–H and O–H groups in total. The van der Waals surface area contributed by atoms with Crippen molar-refractivity contribution in [2.45, 2.75) is 18.8 Å². The normalized spacial score (nSPS) is 17.1. The minimum Gasteiger partial charge on any atom is -0.463 e. The van der Waals surface area contributed by atoms with Crippen LogP contribution in [0.25, 0.3) is 0 Å². The van der Waals surface area contributed by atoms with Crippen LogP contribution in [0.15, 0.2) is 12.3 Å². The molecule has 2 heterocycles. The van der Waals surface area contributed by atoms with Crippen LogP contribution < -0.4 is 5.32 Å². The highest BCUT2D eigenvalue weighted by atomic mass is 16.5. The smallest absolute Gasteiger partial charge is 0.376 e. The number of esters is 1. The van der Waals surface area contributed by atoms with Gasteiger partial charge in [-0.25, -0.2) is 14.8 Å². The summed E-state index contributed by atoms with van der Waals surface area (Å²) in [6, 6.07) is 1.88. The first-order chi connectivity index (χ1) is 7.81. The number of ether oxygens (including phenoxy) is 1. The molecule has 0 bridgehead atoms. The van der Waals surface area contributed by atoms with Crippen LogP contribution in [-0.2, 0) is 4.74 Å². The Labute approximate surface area is 94.2 Å². The van der Waals surface area contributed by atoms with Crippen molar-refractivity contribution in [3.8, 4) is 0 Å².